The van der Waals surface area contributed by atoms with Gasteiger partial charge < -0.3 is 19.5 Å². The van der Waals surface area contributed by atoms with Crippen molar-refractivity contribution in [2.75, 3.05) is 13.2 Å². The average molecular weight is 374 g/mol. The second-order valence-electron chi connectivity index (χ2n) is 7.04. The minimum Gasteiger partial charge on any atom is -0.486 e. The predicted molar refractivity (Wildman–Crippen MR) is 98.2 cm³/mol. The number of rotatable bonds is 3. The first-order chi connectivity index (χ1) is 12.4. The number of hydrogen-bond acceptors (Lipinski definition) is 4. The minimum atomic E-state index is -0.581. The summed E-state index contributed by atoms with van der Waals surface area (Å²) in [6.07, 6.45) is -0.0428. The molecule has 1 unspecified atom stereocenters. The fraction of sp³-hybridized carbons (Fsp3) is 0.350. The molecule has 0 spiro atoms. The highest BCUT2D eigenvalue weighted by Gasteiger charge is 2.33. The second kappa shape index (κ2) is 6.40. The van der Waals surface area contributed by atoms with E-state index in [0.717, 1.165) is 16.9 Å². The van der Waals surface area contributed by atoms with Gasteiger partial charge in [0.25, 0.3) is 5.91 Å². The van der Waals surface area contributed by atoms with E-state index in [0.29, 0.717) is 36.2 Å². The Hall–Kier alpha value is -2.40. The molecular weight excluding hydrogens is 354 g/mol. The standard InChI is InChI=1S/C20H20ClNO4/c1-20(2,13-3-5-16-17(11-13)25-8-7-24-16)22-19(23)18-10-12-9-14(21)4-6-15(12)26-18/h3-6,9,11,18H,7-8,10H2,1-2H3,(H,22,23). The third-order valence-electron chi connectivity index (χ3n) is 4.69. The highest BCUT2D eigenvalue weighted by Crippen LogP contribution is 2.35. The van der Waals surface area contributed by atoms with Crippen LogP contribution in [0.3, 0.4) is 0 Å². The van der Waals surface area contributed by atoms with Gasteiger partial charge in [0.05, 0.1) is 5.54 Å². The van der Waals surface area contributed by atoms with Crippen molar-refractivity contribution >= 4 is 17.5 Å². The highest BCUT2D eigenvalue weighted by atomic mass is 35.5. The number of amides is 1. The molecule has 0 radical (unpaired) electrons. The maximum absolute atomic E-state index is 12.8. The van der Waals surface area contributed by atoms with Gasteiger partial charge in [-0.15, -0.1) is 0 Å². The van der Waals surface area contributed by atoms with Crippen LogP contribution in [0.4, 0.5) is 0 Å². The molecular formula is C20H20ClNO4. The molecule has 2 aromatic carbocycles. The summed E-state index contributed by atoms with van der Waals surface area (Å²) in [5.41, 5.74) is 1.31. The van der Waals surface area contributed by atoms with Gasteiger partial charge in [0.1, 0.15) is 19.0 Å². The maximum Gasteiger partial charge on any atom is 0.262 e. The number of carbonyl (C=O) groups is 1. The molecule has 2 aromatic rings. The van der Waals surface area contributed by atoms with E-state index in [2.05, 4.69) is 5.32 Å². The summed E-state index contributed by atoms with van der Waals surface area (Å²) in [5.74, 6) is 1.99. The van der Waals surface area contributed by atoms with Crippen LogP contribution in [0.5, 0.6) is 17.2 Å². The Balaban J connectivity index is 1.48. The second-order valence-corrected chi connectivity index (χ2v) is 7.47. The topological polar surface area (TPSA) is 56.8 Å². The molecule has 2 aliphatic heterocycles. The molecule has 2 heterocycles. The van der Waals surface area contributed by atoms with Gasteiger partial charge in [-0.05, 0) is 55.3 Å². The SMILES string of the molecule is CC(C)(NC(=O)C1Cc2cc(Cl)ccc2O1)c1ccc2c(c1)OCCO2. The highest BCUT2D eigenvalue weighted by molar-refractivity contribution is 6.30. The first-order valence-corrected chi connectivity index (χ1v) is 8.97. The van der Waals surface area contributed by atoms with Crippen LogP contribution in [0.1, 0.15) is 25.0 Å². The van der Waals surface area contributed by atoms with Crippen molar-refractivity contribution in [2.24, 2.45) is 0 Å². The third kappa shape index (κ3) is 3.19. The van der Waals surface area contributed by atoms with Gasteiger partial charge in [0.15, 0.2) is 17.6 Å². The predicted octanol–water partition coefficient (Wildman–Crippen LogP) is 3.47. The lowest BCUT2D eigenvalue weighted by Gasteiger charge is -2.29. The summed E-state index contributed by atoms with van der Waals surface area (Å²) in [4.78, 5) is 12.8. The molecule has 0 saturated heterocycles. The fourth-order valence-electron chi connectivity index (χ4n) is 3.26. The van der Waals surface area contributed by atoms with Crippen LogP contribution in [-0.4, -0.2) is 25.2 Å². The third-order valence-corrected chi connectivity index (χ3v) is 4.92. The Morgan fingerprint density at radius 3 is 2.62 bits per heavy atom. The quantitative estimate of drug-likeness (QED) is 0.895. The number of fused-ring (bicyclic) bond motifs is 2. The van der Waals surface area contributed by atoms with E-state index in [1.807, 2.05) is 38.1 Å². The molecule has 0 aromatic heterocycles. The molecule has 0 saturated carbocycles. The smallest absolute Gasteiger partial charge is 0.262 e. The summed E-state index contributed by atoms with van der Waals surface area (Å²) in [5, 5.41) is 3.72. The minimum absolute atomic E-state index is 0.155. The molecule has 6 heteroatoms. The number of ether oxygens (including phenoxy) is 3. The van der Waals surface area contributed by atoms with E-state index in [1.54, 1.807) is 12.1 Å². The number of carbonyl (C=O) groups excluding carboxylic acids is 1. The summed E-state index contributed by atoms with van der Waals surface area (Å²) >= 11 is 6.02. The molecule has 1 N–H and O–H groups in total. The lowest BCUT2D eigenvalue weighted by Crippen LogP contribution is -2.47. The van der Waals surface area contributed by atoms with E-state index in [1.165, 1.54) is 0 Å². The van der Waals surface area contributed by atoms with Crippen LogP contribution < -0.4 is 19.5 Å². The lowest BCUT2D eigenvalue weighted by atomic mass is 9.93. The zero-order valence-corrected chi connectivity index (χ0v) is 15.4. The van der Waals surface area contributed by atoms with Crippen LogP contribution in [-0.2, 0) is 16.8 Å². The normalized spacial score (nSPS) is 18.0. The first kappa shape index (κ1) is 17.0. The largest absolute Gasteiger partial charge is 0.486 e. The summed E-state index contributed by atoms with van der Waals surface area (Å²) in [6, 6.07) is 11.1. The number of halogens is 1. The van der Waals surface area contributed by atoms with E-state index >= 15 is 0 Å². The van der Waals surface area contributed by atoms with Gasteiger partial charge >= 0.3 is 0 Å². The Morgan fingerprint density at radius 2 is 1.81 bits per heavy atom. The number of nitrogens with one attached hydrogen (secondary N) is 1. The molecule has 26 heavy (non-hydrogen) atoms. The molecule has 0 aliphatic carbocycles. The van der Waals surface area contributed by atoms with E-state index < -0.39 is 11.6 Å². The van der Waals surface area contributed by atoms with Gasteiger partial charge in [-0.3, -0.25) is 4.79 Å². The van der Waals surface area contributed by atoms with Crippen LogP contribution in [0.2, 0.25) is 5.02 Å². The van der Waals surface area contributed by atoms with E-state index in [9.17, 15) is 4.79 Å². The first-order valence-electron chi connectivity index (χ1n) is 8.60. The van der Waals surface area contributed by atoms with Crippen molar-refractivity contribution in [3.05, 3.63) is 52.5 Å². The number of hydrogen-bond donors (Lipinski definition) is 1. The van der Waals surface area contributed by atoms with Crippen LogP contribution in [0.15, 0.2) is 36.4 Å². The molecule has 1 atom stereocenters. The molecule has 136 valence electrons. The van der Waals surface area contributed by atoms with Crippen molar-refractivity contribution in [3.63, 3.8) is 0 Å². The zero-order chi connectivity index (χ0) is 18.3. The van der Waals surface area contributed by atoms with Crippen molar-refractivity contribution in [3.8, 4) is 17.2 Å². The Bertz CT molecular complexity index is 865. The van der Waals surface area contributed by atoms with Crippen molar-refractivity contribution in [2.45, 2.75) is 31.9 Å². The summed E-state index contributed by atoms with van der Waals surface area (Å²) in [6.45, 7) is 4.99. The summed E-state index contributed by atoms with van der Waals surface area (Å²) < 4.78 is 17.0. The number of benzene rings is 2. The Morgan fingerprint density at radius 1 is 1.08 bits per heavy atom. The van der Waals surface area contributed by atoms with Crippen molar-refractivity contribution in [1.29, 1.82) is 0 Å². The average Bonchev–Trinajstić information content (AvgIpc) is 3.04. The fourth-order valence-corrected chi connectivity index (χ4v) is 3.45. The molecule has 4 rings (SSSR count). The zero-order valence-electron chi connectivity index (χ0n) is 14.7. The van der Waals surface area contributed by atoms with Crippen LogP contribution >= 0.6 is 11.6 Å². The van der Waals surface area contributed by atoms with Gasteiger partial charge in [0.2, 0.25) is 0 Å². The van der Waals surface area contributed by atoms with E-state index in [-0.39, 0.29) is 5.91 Å². The Kier molecular flexibility index (Phi) is 4.19. The molecule has 5 nitrogen and oxygen atoms in total. The van der Waals surface area contributed by atoms with Crippen LogP contribution in [0.25, 0.3) is 0 Å². The van der Waals surface area contributed by atoms with Crippen molar-refractivity contribution < 1.29 is 19.0 Å². The maximum atomic E-state index is 12.8. The van der Waals surface area contributed by atoms with Gasteiger partial charge in [-0.25, -0.2) is 0 Å². The van der Waals surface area contributed by atoms with E-state index in [4.69, 9.17) is 25.8 Å². The molecule has 0 bridgehead atoms. The van der Waals surface area contributed by atoms with Gasteiger partial charge in [-0.2, -0.15) is 0 Å². The Labute approximate surface area is 157 Å². The lowest BCUT2D eigenvalue weighted by molar-refractivity contribution is -0.129. The van der Waals surface area contributed by atoms with Gasteiger partial charge in [0, 0.05) is 11.4 Å². The van der Waals surface area contributed by atoms with Gasteiger partial charge in [-0.1, -0.05) is 17.7 Å². The molecule has 0 fully saturated rings. The monoisotopic (exact) mass is 373 g/mol. The molecule has 1 amide bonds. The van der Waals surface area contributed by atoms with Crippen LogP contribution in [0, 0.1) is 0 Å². The molecule has 2 aliphatic rings. The summed E-state index contributed by atoms with van der Waals surface area (Å²) in [7, 11) is 0. The van der Waals surface area contributed by atoms with Crippen molar-refractivity contribution in [1.82, 2.24) is 5.32 Å².